The first kappa shape index (κ1) is 17.0. The highest BCUT2D eigenvalue weighted by molar-refractivity contribution is 5.96. The molecule has 2 atom stereocenters. The summed E-state index contributed by atoms with van der Waals surface area (Å²) in [5.74, 6) is -2.48. The largest absolute Gasteiger partial charge is 0.481 e. The number of rotatable bonds is 5. The van der Waals surface area contributed by atoms with Crippen LogP contribution in [0.2, 0.25) is 0 Å². The molecule has 0 saturated heterocycles. The lowest BCUT2D eigenvalue weighted by molar-refractivity contribution is -0.154. The standard InChI is InChI=1S/C14H15F3N2O4/c15-14(16,17)7-23-12-10(2-1-5-18-12)11(20)19-9-4-3-8(6-9)13(21)22/h1-2,5,8-9H,3-4,6-7H2,(H,19,20)(H,21,22)/t8-,9+/m1/s1. The summed E-state index contributed by atoms with van der Waals surface area (Å²) in [4.78, 5) is 26.7. The van der Waals surface area contributed by atoms with E-state index < -0.39 is 36.5 Å². The number of aliphatic carboxylic acids is 1. The topological polar surface area (TPSA) is 88.5 Å². The minimum Gasteiger partial charge on any atom is -0.481 e. The number of carbonyl (C=O) groups is 2. The number of nitrogens with one attached hydrogen (secondary N) is 1. The number of halogens is 3. The summed E-state index contributed by atoms with van der Waals surface area (Å²) in [6.45, 7) is -1.55. The van der Waals surface area contributed by atoms with Gasteiger partial charge in [0.05, 0.1) is 5.92 Å². The lowest BCUT2D eigenvalue weighted by Gasteiger charge is -2.15. The number of aromatic nitrogens is 1. The molecule has 1 aromatic rings. The molecular formula is C14H15F3N2O4. The van der Waals surface area contributed by atoms with E-state index in [9.17, 15) is 22.8 Å². The Morgan fingerprint density at radius 2 is 2.13 bits per heavy atom. The van der Waals surface area contributed by atoms with Crippen molar-refractivity contribution in [2.75, 3.05) is 6.61 Å². The van der Waals surface area contributed by atoms with E-state index in [1.807, 2.05) is 0 Å². The van der Waals surface area contributed by atoms with Gasteiger partial charge in [0, 0.05) is 12.2 Å². The Labute approximate surface area is 129 Å². The van der Waals surface area contributed by atoms with Gasteiger partial charge in [-0.3, -0.25) is 9.59 Å². The zero-order valence-corrected chi connectivity index (χ0v) is 12.0. The normalized spacial score (nSPS) is 21.0. The number of carboxylic acid groups (broad SMARTS) is 1. The predicted molar refractivity (Wildman–Crippen MR) is 72.0 cm³/mol. The average molecular weight is 332 g/mol. The lowest BCUT2D eigenvalue weighted by Crippen LogP contribution is -2.34. The van der Waals surface area contributed by atoms with E-state index in [0.29, 0.717) is 19.3 Å². The Balaban J connectivity index is 2.01. The van der Waals surface area contributed by atoms with Crippen LogP contribution in [0.15, 0.2) is 18.3 Å². The van der Waals surface area contributed by atoms with Gasteiger partial charge in [0.15, 0.2) is 6.61 Å². The molecule has 1 aliphatic carbocycles. The fourth-order valence-electron chi connectivity index (χ4n) is 2.43. The number of ether oxygens (including phenoxy) is 1. The third-order valence-corrected chi connectivity index (χ3v) is 3.51. The number of amides is 1. The molecule has 1 heterocycles. The Kier molecular flexibility index (Phi) is 5.07. The molecule has 0 bridgehead atoms. The van der Waals surface area contributed by atoms with E-state index in [1.165, 1.54) is 18.3 Å². The Bertz CT molecular complexity index is 592. The van der Waals surface area contributed by atoms with Gasteiger partial charge < -0.3 is 15.2 Å². The number of nitrogens with zero attached hydrogens (tertiary/aromatic N) is 1. The van der Waals surface area contributed by atoms with Crippen molar-refractivity contribution in [1.29, 1.82) is 0 Å². The van der Waals surface area contributed by atoms with E-state index in [-0.39, 0.29) is 11.6 Å². The molecule has 9 heteroatoms. The summed E-state index contributed by atoms with van der Waals surface area (Å²) in [5, 5.41) is 11.5. The van der Waals surface area contributed by atoms with E-state index >= 15 is 0 Å². The van der Waals surface area contributed by atoms with Crippen LogP contribution >= 0.6 is 0 Å². The van der Waals surface area contributed by atoms with Crippen LogP contribution in [0.5, 0.6) is 5.88 Å². The first-order valence-electron chi connectivity index (χ1n) is 6.94. The molecule has 1 aromatic heterocycles. The monoisotopic (exact) mass is 332 g/mol. The van der Waals surface area contributed by atoms with Crippen molar-refractivity contribution >= 4 is 11.9 Å². The van der Waals surface area contributed by atoms with Gasteiger partial charge in [0.2, 0.25) is 5.88 Å². The van der Waals surface area contributed by atoms with Gasteiger partial charge in [0.1, 0.15) is 5.56 Å². The summed E-state index contributed by atoms with van der Waals surface area (Å²) in [5.41, 5.74) is -0.115. The highest BCUT2D eigenvalue weighted by atomic mass is 19.4. The summed E-state index contributed by atoms with van der Waals surface area (Å²) in [6.07, 6.45) is -2.07. The summed E-state index contributed by atoms with van der Waals surface area (Å²) in [6, 6.07) is 2.38. The van der Waals surface area contributed by atoms with Gasteiger partial charge in [-0.15, -0.1) is 0 Å². The Hall–Kier alpha value is -2.32. The van der Waals surface area contributed by atoms with Crippen molar-refractivity contribution in [2.24, 2.45) is 5.92 Å². The molecular weight excluding hydrogens is 317 g/mol. The smallest absolute Gasteiger partial charge is 0.422 e. The first-order chi connectivity index (χ1) is 10.8. The molecule has 1 aliphatic rings. The van der Waals surface area contributed by atoms with Crippen LogP contribution in [-0.2, 0) is 4.79 Å². The number of carboxylic acids is 1. The van der Waals surface area contributed by atoms with Gasteiger partial charge >= 0.3 is 12.1 Å². The molecule has 0 aliphatic heterocycles. The molecule has 0 aromatic carbocycles. The molecule has 0 spiro atoms. The fourth-order valence-corrected chi connectivity index (χ4v) is 2.43. The highest BCUT2D eigenvalue weighted by Gasteiger charge is 2.32. The molecule has 1 amide bonds. The van der Waals surface area contributed by atoms with Crippen LogP contribution in [0, 0.1) is 5.92 Å². The second kappa shape index (κ2) is 6.84. The van der Waals surface area contributed by atoms with E-state index in [0.717, 1.165) is 0 Å². The first-order valence-corrected chi connectivity index (χ1v) is 6.94. The summed E-state index contributed by atoms with van der Waals surface area (Å²) < 4.78 is 41.2. The van der Waals surface area contributed by atoms with E-state index in [2.05, 4.69) is 15.0 Å². The van der Waals surface area contributed by atoms with Crippen LogP contribution in [0.4, 0.5) is 13.2 Å². The molecule has 0 radical (unpaired) electrons. The van der Waals surface area contributed by atoms with Crippen molar-refractivity contribution in [3.8, 4) is 5.88 Å². The quantitative estimate of drug-likeness (QED) is 0.861. The van der Waals surface area contributed by atoms with Crippen molar-refractivity contribution in [3.63, 3.8) is 0 Å². The zero-order valence-electron chi connectivity index (χ0n) is 12.0. The molecule has 2 rings (SSSR count). The average Bonchev–Trinajstić information content (AvgIpc) is 2.93. The second-order valence-electron chi connectivity index (χ2n) is 5.28. The van der Waals surface area contributed by atoms with Gasteiger partial charge in [0.25, 0.3) is 5.91 Å². The number of hydrogen-bond donors (Lipinski definition) is 2. The molecule has 126 valence electrons. The van der Waals surface area contributed by atoms with E-state index in [1.54, 1.807) is 0 Å². The van der Waals surface area contributed by atoms with E-state index in [4.69, 9.17) is 5.11 Å². The van der Waals surface area contributed by atoms with Gasteiger partial charge in [-0.2, -0.15) is 13.2 Å². The second-order valence-corrected chi connectivity index (χ2v) is 5.28. The van der Waals surface area contributed by atoms with Crippen molar-refractivity contribution in [3.05, 3.63) is 23.9 Å². The third-order valence-electron chi connectivity index (χ3n) is 3.51. The predicted octanol–water partition coefficient (Wildman–Crippen LogP) is 2.01. The molecule has 1 saturated carbocycles. The maximum absolute atomic E-state index is 12.2. The number of hydrogen-bond acceptors (Lipinski definition) is 4. The highest BCUT2D eigenvalue weighted by Crippen LogP contribution is 2.26. The molecule has 2 N–H and O–H groups in total. The van der Waals surface area contributed by atoms with Gasteiger partial charge in [-0.25, -0.2) is 4.98 Å². The third kappa shape index (κ3) is 4.83. The van der Waals surface area contributed by atoms with Crippen molar-refractivity contribution in [2.45, 2.75) is 31.5 Å². The van der Waals surface area contributed by atoms with Gasteiger partial charge in [-0.05, 0) is 31.4 Å². The van der Waals surface area contributed by atoms with Crippen molar-refractivity contribution < 1.29 is 32.6 Å². The number of pyridine rings is 1. The van der Waals surface area contributed by atoms with Crippen LogP contribution < -0.4 is 10.1 Å². The Morgan fingerprint density at radius 1 is 1.39 bits per heavy atom. The van der Waals surface area contributed by atoms with Crippen molar-refractivity contribution in [1.82, 2.24) is 10.3 Å². The molecule has 0 unspecified atom stereocenters. The number of alkyl halides is 3. The van der Waals surface area contributed by atoms with Gasteiger partial charge in [-0.1, -0.05) is 0 Å². The maximum atomic E-state index is 12.2. The zero-order chi connectivity index (χ0) is 17.0. The van der Waals surface area contributed by atoms with Crippen LogP contribution in [-0.4, -0.2) is 40.8 Å². The van der Waals surface area contributed by atoms with Crippen LogP contribution in [0.1, 0.15) is 29.6 Å². The minimum atomic E-state index is -4.54. The molecule has 6 nitrogen and oxygen atoms in total. The summed E-state index contributed by atoms with van der Waals surface area (Å²) >= 11 is 0. The Morgan fingerprint density at radius 3 is 2.74 bits per heavy atom. The summed E-state index contributed by atoms with van der Waals surface area (Å²) in [7, 11) is 0. The molecule has 23 heavy (non-hydrogen) atoms. The van der Waals surface area contributed by atoms with Crippen LogP contribution in [0.3, 0.4) is 0 Å². The maximum Gasteiger partial charge on any atom is 0.422 e. The van der Waals surface area contributed by atoms with Crippen LogP contribution in [0.25, 0.3) is 0 Å². The fraction of sp³-hybridized carbons (Fsp3) is 0.500. The lowest BCUT2D eigenvalue weighted by atomic mass is 10.1. The minimum absolute atomic E-state index is 0.115. The SMILES string of the molecule is O=C(N[C@H]1CC[C@@H](C(=O)O)C1)c1cccnc1OCC(F)(F)F. The number of carbonyl (C=O) groups excluding carboxylic acids is 1. The molecule has 1 fully saturated rings.